The summed E-state index contributed by atoms with van der Waals surface area (Å²) in [6.07, 6.45) is -0.237. The number of carbonyl (C=O) groups excluding carboxylic acids is 1. The van der Waals surface area contributed by atoms with E-state index in [2.05, 4.69) is 13.0 Å². The zero-order valence-electron chi connectivity index (χ0n) is 11.5. The van der Waals surface area contributed by atoms with Crippen LogP contribution in [0.1, 0.15) is 5.56 Å². The molecule has 2 aromatic rings. The number of fused-ring (bicyclic) bond motifs is 1. The highest BCUT2D eigenvalue weighted by molar-refractivity contribution is 7.99. The van der Waals surface area contributed by atoms with Crippen LogP contribution in [0.2, 0.25) is 0 Å². The zero-order chi connectivity index (χ0) is 13.9. The molecule has 104 valence electrons. The van der Waals surface area contributed by atoms with Crippen LogP contribution in [0.3, 0.4) is 0 Å². The SMILES string of the molecule is Cc1ccc(OC(=O)N2CCSCC2)c2ccccc12. The summed E-state index contributed by atoms with van der Waals surface area (Å²) in [4.78, 5) is 14.0. The van der Waals surface area contributed by atoms with Gasteiger partial charge in [0.1, 0.15) is 5.75 Å². The van der Waals surface area contributed by atoms with Gasteiger partial charge in [0.25, 0.3) is 0 Å². The van der Waals surface area contributed by atoms with Crippen LogP contribution in [-0.2, 0) is 0 Å². The number of hydrogen-bond acceptors (Lipinski definition) is 3. The summed E-state index contributed by atoms with van der Waals surface area (Å²) in [7, 11) is 0. The Morgan fingerprint density at radius 3 is 2.55 bits per heavy atom. The van der Waals surface area contributed by atoms with Crippen molar-refractivity contribution in [3.8, 4) is 5.75 Å². The fourth-order valence-corrected chi connectivity index (χ4v) is 3.32. The van der Waals surface area contributed by atoms with E-state index < -0.39 is 0 Å². The van der Waals surface area contributed by atoms with Gasteiger partial charge >= 0.3 is 6.09 Å². The van der Waals surface area contributed by atoms with Crippen molar-refractivity contribution in [2.75, 3.05) is 24.6 Å². The van der Waals surface area contributed by atoms with Crippen LogP contribution in [0.4, 0.5) is 4.79 Å². The summed E-state index contributed by atoms with van der Waals surface area (Å²) in [6, 6.07) is 11.9. The lowest BCUT2D eigenvalue weighted by Gasteiger charge is -2.25. The number of aryl methyl sites for hydroxylation is 1. The molecule has 1 amide bonds. The van der Waals surface area contributed by atoms with Crippen LogP contribution in [0, 0.1) is 6.92 Å². The molecule has 0 N–H and O–H groups in total. The topological polar surface area (TPSA) is 29.5 Å². The maximum Gasteiger partial charge on any atom is 0.415 e. The van der Waals surface area contributed by atoms with Crippen LogP contribution in [0.15, 0.2) is 36.4 Å². The van der Waals surface area contributed by atoms with Gasteiger partial charge < -0.3 is 9.64 Å². The van der Waals surface area contributed by atoms with E-state index in [9.17, 15) is 4.79 Å². The number of carbonyl (C=O) groups is 1. The van der Waals surface area contributed by atoms with Gasteiger partial charge in [-0.1, -0.05) is 30.3 Å². The van der Waals surface area contributed by atoms with E-state index in [0.717, 1.165) is 35.4 Å². The number of ether oxygens (including phenoxy) is 1. The van der Waals surface area contributed by atoms with Crippen LogP contribution in [0.25, 0.3) is 10.8 Å². The molecule has 4 heteroatoms. The van der Waals surface area contributed by atoms with Gasteiger partial charge in [-0.2, -0.15) is 11.8 Å². The molecule has 0 unspecified atom stereocenters. The third kappa shape index (κ3) is 2.61. The van der Waals surface area contributed by atoms with Gasteiger partial charge in [-0.15, -0.1) is 0 Å². The van der Waals surface area contributed by atoms with Gasteiger partial charge in [-0.05, 0) is 23.9 Å². The van der Waals surface area contributed by atoms with E-state index in [1.807, 2.05) is 42.1 Å². The Kier molecular flexibility index (Phi) is 3.83. The predicted octanol–water partition coefficient (Wildman–Crippen LogP) is 3.70. The van der Waals surface area contributed by atoms with Crippen LogP contribution >= 0.6 is 11.8 Å². The molecule has 0 bridgehead atoms. The van der Waals surface area contributed by atoms with Gasteiger partial charge in [-0.25, -0.2) is 4.79 Å². The third-order valence-corrected chi connectivity index (χ3v) is 4.51. The summed E-state index contributed by atoms with van der Waals surface area (Å²) < 4.78 is 5.60. The summed E-state index contributed by atoms with van der Waals surface area (Å²) >= 11 is 1.88. The minimum atomic E-state index is -0.237. The highest BCUT2D eigenvalue weighted by Gasteiger charge is 2.19. The summed E-state index contributed by atoms with van der Waals surface area (Å²) in [5.41, 5.74) is 1.19. The minimum absolute atomic E-state index is 0.237. The van der Waals surface area contributed by atoms with Crippen LogP contribution < -0.4 is 4.74 Å². The number of rotatable bonds is 1. The smallest absolute Gasteiger partial charge is 0.410 e. The number of hydrogen-bond donors (Lipinski definition) is 0. The first-order valence-electron chi connectivity index (χ1n) is 6.78. The van der Waals surface area contributed by atoms with Gasteiger partial charge in [0.2, 0.25) is 0 Å². The van der Waals surface area contributed by atoms with E-state index in [4.69, 9.17) is 4.74 Å². The lowest BCUT2D eigenvalue weighted by atomic mass is 10.1. The molecule has 0 atom stereocenters. The summed E-state index contributed by atoms with van der Waals surface area (Å²) in [5.74, 6) is 2.63. The molecule has 1 saturated heterocycles. The fourth-order valence-electron chi connectivity index (χ4n) is 2.42. The Morgan fingerprint density at radius 2 is 1.80 bits per heavy atom. The van der Waals surface area contributed by atoms with Gasteiger partial charge in [0.05, 0.1) is 0 Å². The molecular formula is C16H17NO2S. The predicted molar refractivity (Wildman–Crippen MR) is 83.6 cm³/mol. The Balaban J connectivity index is 1.87. The molecule has 2 aromatic carbocycles. The van der Waals surface area contributed by atoms with Crippen molar-refractivity contribution in [2.45, 2.75) is 6.92 Å². The fraction of sp³-hybridized carbons (Fsp3) is 0.312. The molecule has 3 nitrogen and oxygen atoms in total. The van der Waals surface area contributed by atoms with Crippen molar-refractivity contribution >= 4 is 28.6 Å². The molecule has 0 aromatic heterocycles. The lowest BCUT2D eigenvalue weighted by molar-refractivity contribution is 0.157. The molecule has 0 radical (unpaired) electrons. The molecule has 0 saturated carbocycles. The Bertz CT molecular complexity index is 635. The highest BCUT2D eigenvalue weighted by atomic mass is 32.2. The molecular weight excluding hydrogens is 270 g/mol. The molecule has 3 rings (SSSR count). The Hall–Kier alpha value is -1.68. The molecule has 1 fully saturated rings. The maximum atomic E-state index is 12.2. The second kappa shape index (κ2) is 5.75. The quantitative estimate of drug-likeness (QED) is 0.801. The van der Waals surface area contributed by atoms with Crippen molar-refractivity contribution in [2.24, 2.45) is 0 Å². The monoisotopic (exact) mass is 287 g/mol. The van der Waals surface area contributed by atoms with E-state index in [0.29, 0.717) is 5.75 Å². The molecule has 0 spiro atoms. The lowest BCUT2D eigenvalue weighted by Crippen LogP contribution is -2.39. The molecule has 1 aliphatic heterocycles. The molecule has 20 heavy (non-hydrogen) atoms. The van der Waals surface area contributed by atoms with Crippen molar-refractivity contribution in [3.63, 3.8) is 0 Å². The van der Waals surface area contributed by atoms with Gasteiger partial charge in [-0.3, -0.25) is 0 Å². The summed E-state index contributed by atoms with van der Waals surface area (Å²) in [6.45, 7) is 3.61. The van der Waals surface area contributed by atoms with E-state index in [1.165, 1.54) is 5.56 Å². The Labute approximate surface area is 122 Å². The largest absolute Gasteiger partial charge is 0.415 e. The number of nitrogens with zero attached hydrogens (tertiary/aromatic N) is 1. The first kappa shape index (κ1) is 13.3. The molecule has 0 aliphatic carbocycles. The zero-order valence-corrected chi connectivity index (χ0v) is 12.3. The normalized spacial score (nSPS) is 15.3. The third-order valence-electron chi connectivity index (χ3n) is 3.57. The molecule has 1 heterocycles. The van der Waals surface area contributed by atoms with Crippen molar-refractivity contribution in [1.29, 1.82) is 0 Å². The standard InChI is InChI=1S/C16H17NO2S/c1-12-6-7-15(14-5-3-2-4-13(12)14)19-16(18)17-8-10-20-11-9-17/h2-7H,8-11H2,1H3. The number of benzene rings is 2. The van der Waals surface area contributed by atoms with Crippen molar-refractivity contribution < 1.29 is 9.53 Å². The van der Waals surface area contributed by atoms with E-state index in [1.54, 1.807) is 4.90 Å². The van der Waals surface area contributed by atoms with Gasteiger partial charge in [0.15, 0.2) is 0 Å². The second-order valence-corrected chi connectivity index (χ2v) is 6.12. The highest BCUT2D eigenvalue weighted by Crippen LogP contribution is 2.28. The minimum Gasteiger partial charge on any atom is -0.410 e. The summed E-state index contributed by atoms with van der Waals surface area (Å²) in [5, 5.41) is 2.12. The van der Waals surface area contributed by atoms with Crippen molar-refractivity contribution in [1.82, 2.24) is 4.90 Å². The van der Waals surface area contributed by atoms with E-state index in [-0.39, 0.29) is 6.09 Å². The van der Waals surface area contributed by atoms with E-state index >= 15 is 0 Å². The average molecular weight is 287 g/mol. The number of amides is 1. The first-order chi connectivity index (χ1) is 9.75. The van der Waals surface area contributed by atoms with Crippen LogP contribution in [-0.4, -0.2) is 35.6 Å². The molecule has 1 aliphatic rings. The van der Waals surface area contributed by atoms with Crippen LogP contribution in [0.5, 0.6) is 5.75 Å². The second-order valence-electron chi connectivity index (χ2n) is 4.89. The Morgan fingerprint density at radius 1 is 1.10 bits per heavy atom. The van der Waals surface area contributed by atoms with Crippen molar-refractivity contribution in [3.05, 3.63) is 42.0 Å². The first-order valence-corrected chi connectivity index (χ1v) is 7.94. The maximum absolute atomic E-state index is 12.2. The average Bonchev–Trinajstić information content (AvgIpc) is 2.51. The number of thioether (sulfide) groups is 1. The van der Waals surface area contributed by atoms with Gasteiger partial charge in [0, 0.05) is 30.0 Å².